The molecule has 1 atom stereocenters. The van der Waals surface area contributed by atoms with Gasteiger partial charge in [0.25, 0.3) is 0 Å². The molecule has 104 valence electrons. The maximum atomic E-state index is 6.04. The van der Waals surface area contributed by atoms with Gasteiger partial charge in [0.1, 0.15) is 11.6 Å². The Morgan fingerprint density at radius 2 is 2.05 bits per heavy atom. The highest BCUT2D eigenvalue weighted by Crippen LogP contribution is 2.32. The van der Waals surface area contributed by atoms with Crippen LogP contribution < -0.4 is 10.6 Å². The molecule has 1 aliphatic heterocycles. The first kappa shape index (κ1) is 13.1. The molecular weight excluding hydrogens is 248 g/mol. The van der Waals surface area contributed by atoms with Crippen molar-refractivity contribution in [1.82, 2.24) is 9.97 Å². The predicted octanol–water partition coefficient (Wildman–Crippen LogP) is 2.16. The van der Waals surface area contributed by atoms with Gasteiger partial charge < -0.3 is 10.6 Å². The van der Waals surface area contributed by atoms with Crippen LogP contribution in [0.5, 0.6) is 0 Å². The Morgan fingerprint density at radius 3 is 2.80 bits per heavy atom. The topological polar surface area (TPSA) is 55.0 Å². The highest BCUT2D eigenvalue weighted by atomic mass is 15.2. The predicted molar refractivity (Wildman–Crippen MR) is 80.8 cm³/mol. The summed E-state index contributed by atoms with van der Waals surface area (Å²) in [6.45, 7) is 5.49. The van der Waals surface area contributed by atoms with Crippen molar-refractivity contribution >= 4 is 5.82 Å². The third-order valence-electron chi connectivity index (χ3n) is 3.88. The third kappa shape index (κ3) is 2.27. The summed E-state index contributed by atoms with van der Waals surface area (Å²) in [4.78, 5) is 11.3. The SMILES string of the molecule is Cc1cc(N2CCc3ccccc3C2CN)nc(C)n1. The van der Waals surface area contributed by atoms with E-state index < -0.39 is 0 Å². The molecule has 0 aliphatic carbocycles. The second-order valence-electron chi connectivity index (χ2n) is 5.31. The van der Waals surface area contributed by atoms with Gasteiger partial charge in [-0.15, -0.1) is 0 Å². The Kier molecular flexibility index (Phi) is 3.40. The molecule has 0 amide bonds. The molecule has 1 aromatic heterocycles. The van der Waals surface area contributed by atoms with E-state index in [2.05, 4.69) is 39.1 Å². The third-order valence-corrected chi connectivity index (χ3v) is 3.88. The summed E-state index contributed by atoms with van der Waals surface area (Å²) >= 11 is 0. The number of benzene rings is 1. The Bertz CT molecular complexity index is 603. The van der Waals surface area contributed by atoms with Gasteiger partial charge in [-0.1, -0.05) is 24.3 Å². The highest BCUT2D eigenvalue weighted by Gasteiger charge is 2.27. The molecule has 20 heavy (non-hydrogen) atoms. The van der Waals surface area contributed by atoms with Crippen LogP contribution in [-0.4, -0.2) is 23.1 Å². The van der Waals surface area contributed by atoms with Crippen molar-refractivity contribution in [3.05, 3.63) is 53.0 Å². The van der Waals surface area contributed by atoms with Crippen LogP contribution in [0.25, 0.3) is 0 Å². The Hall–Kier alpha value is -1.94. The first-order valence-corrected chi connectivity index (χ1v) is 7.06. The fourth-order valence-corrected chi connectivity index (χ4v) is 3.02. The lowest BCUT2D eigenvalue weighted by Crippen LogP contribution is -2.40. The summed E-state index contributed by atoms with van der Waals surface area (Å²) in [6, 6.07) is 10.8. The van der Waals surface area contributed by atoms with Gasteiger partial charge in [-0.05, 0) is 31.4 Å². The average Bonchev–Trinajstić information content (AvgIpc) is 2.45. The molecule has 2 aromatic rings. The summed E-state index contributed by atoms with van der Waals surface area (Å²) in [5, 5.41) is 0. The molecule has 3 rings (SSSR count). The molecule has 4 nitrogen and oxygen atoms in total. The second kappa shape index (κ2) is 5.21. The van der Waals surface area contributed by atoms with E-state index >= 15 is 0 Å². The molecule has 0 saturated carbocycles. The zero-order chi connectivity index (χ0) is 14.1. The average molecular weight is 268 g/mol. The minimum Gasteiger partial charge on any atom is -0.348 e. The minimum absolute atomic E-state index is 0.202. The van der Waals surface area contributed by atoms with Crippen molar-refractivity contribution in [2.45, 2.75) is 26.3 Å². The maximum Gasteiger partial charge on any atom is 0.133 e. The summed E-state index contributed by atoms with van der Waals surface area (Å²) < 4.78 is 0. The molecule has 4 heteroatoms. The van der Waals surface area contributed by atoms with Crippen molar-refractivity contribution in [3.63, 3.8) is 0 Å². The van der Waals surface area contributed by atoms with Gasteiger partial charge in [-0.3, -0.25) is 0 Å². The Balaban J connectivity index is 2.02. The van der Waals surface area contributed by atoms with Crippen LogP contribution in [0, 0.1) is 13.8 Å². The number of hydrogen-bond acceptors (Lipinski definition) is 4. The van der Waals surface area contributed by atoms with Crippen LogP contribution in [0.4, 0.5) is 5.82 Å². The lowest BCUT2D eigenvalue weighted by Gasteiger charge is -2.37. The van der Waals surface area contributed by atoms with Crippen LogP contribution >= 0.6 is 0 Å². The second-order valence-corrected chi connectivity index (χ2v) is 5.31. The number of anilines is 1. The van der Waals surface area contributed by atoms with E-state index in [0.29, 0.717) is 6.54 Å². The molecule has 1 unspecified atom stereocenters. The fraction of sp³-hybridized carbons (Fsp3) is 0.375. The summed E-state index contributed by atoms with van der Waals surface area (Å²) in [5.74, 6) is 1.80. The number of nitrogens with two attached hydrogens (primary N) is 1. The zero-order valence-electron chi connectivity index (χ0n) is 12.0. The lowest BCUT2D eigenvalue weighted by atomic mass is 9.92. The van der Waals surface area contributed by atoms with Crippen LogP contribution in [0.15, 0.2) is 30.3 Å². The number of aromatic nitrogens is 2. The van der Waals surface area contributed by atoms with Gasteiger partial charge in [0.2, 0.25) is 0 Å². The highest BCUT2D eigenvalue weighted by molar-refractivity contribution is 5.48. The van der Waals surface area contributed by atoms with E-state index in [9.17, 15) is 0 Å². The Morgan fingerprint density at radius 1 is 1.25 bits per heavy atom. The smallest absolute Gasteiger partial charge is 0.133 e. The van der Waals surface area contributed by atoms with Crippen molar-refractivity contribution < 1.29 is 0 Å². The molecule has 0 saturated heterocycles. The van der Waals surface area contributed by atoms with E-state index in [4.69, 9.17) is 5.73 Å². The monoisotopic (exact) mass is 268 g/mol. The summed E-state index contributed by atoms with van der Waals surface area (Å²) in [5.41, 5.74) is 9.77. The molecule has 0 spiro atoms. The van der Waals surface area contributed by atoms with Crippen molar-refractivity contribution in [3.8, 4) is 0 Å². The number of rotatable bonds is 2. The number of fused-ring (bicyclic) bond motifs is 1. The van der Waals surface area contributed by atoms with Crippen molar-refractivity contribution in [2.24, 2.45) is 5.73 Å². The number of hydrogen-bond donors (Lipinski definition) is 1. The lowest BCUT2D eigenvalue weighted by molar-refractivity contribution is 0.582. The van der Waals surface area contributed by atoms with E-state index in [1.54, 1.807) is 0 Å². The molecule has 2 heterocycles. The van der Waals surface area contributed by atoms with E-state index in [1.807, 2.05) is 19.9 Å². The van der Waals surface area contributed by atoms with Crippen LogP contribution in [0.3, 0.4) is 0 Å². The molecule has 1 aliphatic rings. The van der Waals surface area contributed by atoms with E-state index in [0.717, 1.165) is 30.3 Å². The largest absolute Gasteiger partial charge is 0.348 e. The van der Waals surface area contributed by atoms with Gasteiger partial charge in [-0.25, -0.2) is 9.97 Å². The molecule has 0 fully saturated rings. The minimum atomic E-state index is 0.202. The van der Waals surface area contributed by atoms with Gasteiger partial charge in [-0.2, -0.15) is 0 Å². The molecule has 0 radical (unpaired) electrons. The fourth-order valence-electron chi connectivity index (χ4n) is 3.02. The van der Waals surface area contributed by atoms with Crippen molar-refractivity contribution in [2.75, 3.05) is 18.0 Å². The van der Waals surface area contributed by atoms with Gasteiger partial charge >= 0.3 is 0 Å². The van der Waals surface area contributed by atoms with Crippen molar-refractivity contribution in [1.29, 1.82) is 0 Å². The zero-order valence-corrected chi connectivity index (χ0v) is 12.0. The first-order valence-electron chi connectivity index (χ1n) is 7.06. The van der Waals surface area contributed by atoms with Crippen LogP contribution in [0.1, 0.15) is 28.7 Å². The molecule has 0 bridgehead atoms. The van der Waals surface area contributed by atoms with Gasteiger partial charge in [0.15, 0.2) is 0 Å². The quantitative estimate of drug-likeness (QED) is 0.907. The van der Waals surface area contributed by atoms with E-state index in [-0.39, 0.29) is 6.04 Å². The van der Waals surface area contributed by atoms with Gasteiger partial charge in [0.05, 0.1) is 6.04 Å². The first-order chi connectivity index (χ1) is 9.69. The number of nitrogens with zero attached hydrogens (tertiary/aromatic N) is 3. The summed E-state index contributed by atoms with van der Waals surface area (Å²) in [6.07, 6.45) is 1.04. The standard InChI is InChI=1S/C16H20N4/c1-11-9-16(19-12(2)18-11)20-8-7-13-5-3-4-6-14(13)15(20)10-17/h3-6,9,15H,7-8,10,17H2,1-2H3. The summed E-state index contributed by atoms with van der Waals surface area (Å²) in [7, 11) is 0. The van der Waals surface area contributed by atoms with Crippen LogP contribution in [0.2, 0.25) is 0 Å². The normalized spacial score (nSPS) is 17.9. The maximum absolute atomic E-state index is 6.04. The van der Waals surface area contributed by atoms with E-state index in [1.165, 1.54) is 11.1 Å². The molecule has 1 aromatic carbocycles. The molecular formula is C16H20N4. The molecule has 2 N–H and O–H groups in total. The Labute approximate surface area is 119 Å². The number of aryl methyl sites for hydroxylation is 2. The van der Waals surface area contributed by atoms with Crippen LogP contribution in [-0.2, 0) is 6.42 Å². The van der Waals surface area contributed by atoms with Gasteiger partial charge in [0, 0.05) is 24.8 Å².